The Morgan fingerprint density at radius 1 is 1.21 bits per heavy atom. The highest BCUT2D eigenvalue weighted by Crippen LogP contribution is 2.40. The predicted octanol–water partition coefficient (Wildman–Crippen LogP) is 5.68. The number of aromatic nitrogens is 2. The fourth-order valence-corrected chi connectivity index (χ4v) is 4.75. The van der Waals surface area contributed by atoms with E-state index in [1.807, 2.05) is 0 Å². The number of hydrogen-bond acceptors (Lipinski definition) is 3. The van der Waals surface area contributed by atoms with Gasteiger partial charge in [-0.2, -0.15) is 13.2 Å². The van der Waals surface area contributed by atoms with Gasteiger partial charge in [0.05, 0.1) is 26.3 Å². The van der Waals surface area contributed by atoms with E-state index in [1.165, 1.54) is 0 Å². The third kappa shape index (κ3) is 4.27. The molecule has 0 saturated heterocycles. The summed E-state index contributed by atoms with van der Waals surface area (Å²) in [4.78, 5) is 4.94. The van der Waals surface area contributed by atoms with Crippen molar-refractivity contribution in [1.29, 1.82) is 0 Å². The minimum absolute atomic E-state index is 0.0512. The van der Waals surface area contributed by atoms with Crippen molar-refractivity contribution >= 4 is 38.9 Å². The van der Waals surface area contributed by atoms with Crippen LogP contribution in [0.3, 0.4) is 0 Å². The molecule has 1 aromatic carbocycles. The maximum Gasteiger partial charge on any atom is 0.409 e. The number of nitrogens with one attached hydrogen (secondary N) is 1. The quantitative estimate of drug-likeness (QED) is 0.557. The molecular weight excluding hydrogens is 431 g/mol. The number of thiazole rings is 1. The Morgan fingerprint density at radius 3 is 2.32 bits per heavy atom. The second-order valence-electron chi connectivity index (χ2n) is 7.31. The van der Waals surface area contributed by atoms with Crippen LogP contribution in [0.25, 0.3) is 16.2 Å². The summed E-state index contributed by atoms with van der Waals surface area (Å²) in [5.74, 6) is 0. The van der Waals surface area contributed by atoms with Crippen LogP contribution in [0.2, 0.25) is 5.02 Å². The number of halogens is 4. The van der Waals surface area contributed by atoms with E-state index in [1.54, 1.807) is 62.6 Å². The molecule has 0 aliphatic heterocycles. The topological polar surface area (TPSA) is 46.4 Å². The first-order chi connectivity index (χ1) is 12.9. The molecule has 0 unspecified atom stereocenters. The lowest BCUT2D eigenvalue weighted by Gasteiger charge is -2.25. The van der Waals surface area contributed by atoms with Crippen molar-refractivity contribution in [2.45, 2.75) is 44.7 Å². The van der Waals surface area contributed by atoms with E-state index >= 15 is 0 Å². The number of benzene rings is 1. The summed E-state index contributed by atoms with van der Waals surface area (Å²) in [7, 11) is -1.87. The molecule has 3 aromatic rings. The van der Waals surface area contributed by atoms with Crippen LogP contribution < -0.4 is 4.72 Å². The molecule has 0 aliphatic rings. The highest BCUT2D eigenvalue weighted by Gasteiger charge is 2.45. The SMILES string of the molecule is Cc1c([C@H](N[S@@](=O)C(C)(C)C)C(F)(F)F)sc2nc(-c3ccc(Cl)cc3)cn12. The van der Waals surface area contributed by atoms with Gasteiger partial charge in [-0.3, -0.25) is 4.40 Å². The van der Waals surface area contributed by atoms with Gasteiger partial charge in [0, 0.05) is 22.5 Å². The molecule has 0 aliphatic carbocycles. The van der Waals surface area contributed by atoms with E-state index in [0.29, 0.717) is 21.4 Å². The summed E-state index contributed by atoms with van der Waals surface area (Å²) in [5.41, 5.74) is 1.88. The summed E-state index contributed by atoms with van der Waals surface area (Å²) < 4.78 is 56.5. The zero-order valence-corrected chi connectivity index (χ0v) is 18.0. The lowest BCUT2D eigenvalue weighted by molar-refractivity contribution is -0.152. The fraction of sp³-hybridized carbons (Fsp3) is 0.389. The molecule has 0 spiro atoms. The number of imidazole rings is 1. The number of rotatable bonds is 4. The Morgan fingerprint density at radius 2 is 1.82 bits per heavy atom. The first-order valence-electron chi connectivity index (χ1n) is 8.37. The van der Waals surface area contributed by atoms with Gasteiger partial charge in [-0.25, -0.2) is 13.9 Å². The van der Waals surface area contributed by atoms with E-state index in [0.717, 1.165) is 16.9 Å². The predicted molar refractivity (Wildman–Crippen MR) is 108 cm³/mol. The Kier molecular flexibility index (Phi) is 5.66. The van der Waals surface area contributed by atoms with Crippen molar-refractivity contribution in [3.63, 3.8) is 0 Å². The molecule has 2 atom stereocenters. The van der Waals surface area contributed by atoms with Crippen molar-refractivity contribution in [1.82, 2.24) is 14.1 Å². The van der Waals surface area contributed by atoms with Gasteiger partial charge < -0.3 is 0 Å². The molecule has 2 aromatic heterocycles. The van der Waals surface area contributed by atoms with Gasteiger partial charge in [0.1, 0.15) is 0 Å². The third-order valence-corrected chi connectivity index (χ3v) is 7.14. The van der Waals surface area contributed by atoms with Gasteiger partial charge in [-0.15, -0.1) is 0 Å². The average Bonchev–Trinajstić information content (AvgIpc) is 3.11. The van der Waals surface area contributed by atoms with E-state index < -0.39 is 28.0 Å². The van der Waals surface area contributed by atoms with Crippen LogP contribution in [-0.4, -0.2) is 24.5 Å². The van der Waals surface area contributed by atoms with Crippen LogP contribution in [0.15, 0.2) is 30.5 Å². The van der Waals surface area contributed by atoms with Crippen LogP contribution in [0.4, 0.5) is 13.2 Å². The number of hydrogen-bond donors (Lipinski definition) is 1. The zero-order chi connectivity index (χ0) is 20.9. The maximum absolute atomic E-state index is 13.7. The molecule has 3 rings (SSSR count). The van der Waals surface area contributed by atoms with Gasteiger partial charge in [0.25, 0.3) is 0 Å². The molecular formula is C18H19ClF3N3OS2. The van der Waals surface area contributed by atoms with Crippen LogP contribution in [0, 0.1) is 6.92 Å². The summed E-state index contributed by atoms with van der Waals surface area (Å²) in [5, 5.41) is 0.592. The van der Waals surface area contributed by atoms with Crippen LogP contribution >= 0.6 is 22.9 Å². The van der Waals surface area contributed by atoms with Gasteiger partial charge in [-0.1, -0.05) is 35.1 Å². The standard InChI is InChI=1S/C18H19ClF3N3OS2/c1-10-14(15(18(20,21)22)24-28(26)17(2,3)4)27-16-23-13(9-25(10)16)11-5-7-12(19)8-6-11/h5-9,15,24H,1-4H3/t15-,28-/m0/s1. The average molecular weight is 450 g/mol. The Balaban J connectivity index is 2.01. The highest BCUT2D eigenvalue weighted by atomic mass is 35.5. The van der Waals surface area contributed by atoms with Gasteiger partial charge in [-0.05, 0) is 39.8 Å². The number of aryl methyl sites for hydroxylation is 1. The Hall–Kier alpha value is -1.42. The summed E-state index contributed by atoms with van der Waals surface area (Å²) in [6, 6.07) is 5.04. The molecule has 4 nitrogen and oxygen atoms in total. The number of nitrogens with zero attached hydrogens (tertiary/aromatic N) is 2. The lowest BCUT2D eigenvalue weighted by atomic mass is 10.2. The van der Waals surface area contributed by atoms with Crippen LogP contribution in [0.1, 0.15) is 37.4 Å². The second-order valence-corrected chi connectivity index (χ2v) is 10.8. The number of fused-ring (bicyclic) bond motifs is 1. The Bertz CT molecular complexity index is 1020. The smallest absolute Gasteiger partial charge is 0.294 e. The van der Waals surface area contributed by atoms with Gasteiger partial charge in [0.2, 0.25) is 0 Å². The summed E-state index contributed by atoms with van der Waals surface area (Å²) >= 11 is 6.83. The summed E-state index contributed by atoms with van der Waals surface area (Å²) in [6.07, 6.45) is -2.89. The van der Waals surface area contributed by atoms with E-state index in [9.17, 15) is 17.4 Å². The highest BCUT2D eigenvalue weighted by molar-refractivity contribution is 7.84. The second kappa shape index (κ2) is 7.44. The fourth-order valence-electron chi connectivity index (χ4n) is 2.55. The molecule has 0 saturated carbocycles. The molecule has 152 valence electrons. The monoisotopic (exact) mass is 449 g/mol. The first-order valence-corrected chi connectivity index (χ1v) is 10.7. The van der Waals surface area contributed by atoms with Crippen molar-refractivity contribution in [3.05, 3.63) is 46.1 Å². The molecule has 28 heavy (non-hydrogen) atoms. The minimum Gasteiger partial charge on any atom is -0.294 e. The van der Waals surface area contributed by atoms with Gasteiger partial charge >= 0.3 is 6.18 Å². The van der Waals surface area contributed by atoms with Crippen molar-refractivity contribution < 1.29 is 17.4 Å². The van der Waals surface area contributed by atoms with Crippen LogP contribution in [0.5, 0.6) is 0 Å². The molecule has 0 radical (unpaired) electrons. The lowest BCUT2D eigenvalue weighted by Crippen LogP contribution is -2.41. The summed E-state index contributed by atoms with van der Waals surface area (Å²) in [6.45, 7) is 6.47. The molecule has 0 amide bonds. The minimum atomic E-state index is -4.59. The van der Waals surface area contributed by atoms with E-state index in [-0.39, 0.29) is 4.88 Å². The van der Waals surface area contributed by atoms with E-state index in [2.05, 4.69) is 9.71 Å². The number of alkyl halides is 3. The molecule has 10 heteroatoms. The molecule has 0 bridgehead atoms. The normalized spacial score (nSPS) is 15.1. The maximum atomic E-state index is 13.7. The molecule has 2 heterocycles. The molecule has 0 fully saturated rings. The Labute approximate surface area is 172 Å². The van der Waals surface area contributed by atoms with Crippen molar-refractivity contribution in [3.8, 4) is 11.3 Å². The zero-order valence-electron chi connectivity index (χ0n) is 15.6. The van der Waals surface area contributed by atoms with Crippen molar-refractivity contribution in [2.75, 3.05) is 0 Å². The molecule has 1 N–H and O–H groups in total. The van der Waals surface area contributed by atoms with E-state index in [4.69, 9.17) is 11.6 Å². The first kappa shape index (κ1) is 21.3. The van der Waals surface area contributed by atoms with Crippen LogP contribution in [-0.2, 0) is 11.0 Å². The largest absolute Gasteiger partial charge is 0.409 e. The third-order valence-electron chi connectivity index (χ3n) is 4.10. The van der Waals surface area contributed by atoms with Crippen molar-refractivity contribution in [2.24, 2.45) is 0 Å². The van der Waals surface area contributed by atoms with Gasteiger partial charge in [0.15, 0.2) is 11.0 Å².